The summed E-state index contributed by atoms with van der Waals surface area (Å²) >= 11 is 1.55. The Kier molecular flexibility index (Phi) is 3.65. The maximum absolute atomic E-state index is 12.9. The minimum absolute atomic E-state index is 0.0116. The molecule has 0 unspecified atom stereocenters. The van der Waals surface area contributed by atoms with Gasteiger partial charge in [0.1, 0.15) is 5.56 Å². The normalized spacial score (nSPS) is 19.8. The fourth-order valence-electron chi connectivity index (χ4n) is 3.26. The van der Waals surface area contributed by atoms with Crippen LogP contribution in [0.15, 0.2) is 40.7 Å². The van der Waals surface area contributed by atoms with Crippen molar-refractivity contribution in [3.8, 4) is 0 Å². The molecule has 0 radical (unpaired) electrons. The van der Waals surface area contributed by atoms with Crippen molar-refractivity contribution in [2.75, 3.05) is 12.3 Å². The summed E-state index contributed by atoms with van der Waals surface area (Å²) in [7, 11) is 0. The van der Waals surface area contributed by atoms with Crippen LogP contribution in [-0.4, -0.2) is 37.6 Å². The number of aromatic nitrogens is 3. The number of carbonyl (C=O) groups excluding carboxylic acids is 1. The lowest BCUT2D eigenvalue weighted by molar-refractivity contribution is 0.0732. The smallest absolute Gasteiger partial charge is 0.267 e. The number of rotatable bonds is 2. The van der Waals surface area contributed by atoms with E-state index in [4.69, 9.17) is 0 Å². The molecule has 1 atom stereocenters. The molecule has 2 aliphatic rings. The molecule has 0 spiro atoms. The summed E-state index contributed by atoms with van der Waals surface area (Å²) in [6, 6.07) is 3.87. The number of hydrogen-bond donors (Lipinski definition) is 0. The van der Waals surface area contributed by atoms with Gasteiger partial charge in [-0.2, -0.15) is 0 Å². The number of nitrogens with zero attached hydrogens (tertiary/aromatic N) is 4. The number of fused-ring (bicyclic) bond motifs is 1. The topological polar surface area (TPSA) is 68.1 Å². The Morgan fingerprint density at radius 2 is 2.09 bits per heavy atom. The summed E-state index contributed by atoms with van der Waals surface area (Å²) in [5.74, 6) is 0.623. The minimum atomic E-state index is -0.217. The molecule has 7 heteroatoms. The van der Waals surface area contributed by atoms with Gasteiger partial charge in [0.25, 0.3) is 11.5 Å². The molecule has 4 heterocycles. The predicted molar refractivity (Wildman–Crippen MR) is 86.5 cm³/mol. The molecule has 23 heavy (non-hydrogen) atoms. The summed E-state index contributed by atoms with van der Waals surface area (Å²) in [5, 5.41) is 0.707. The molecular formula is C16H16N4O2S. The van der Waals surface area contributed by atoms with E-state index in [2.05, 4.69) is 9.97 Å². The largest absolute Gasteiger partial charge is 0.331 e. The van der Waals surface area contributed by atoms with Crippen molar-refractivity contribution in [2.45, 2.75) is 30.6 Å². The fraction of sp³-hybridized carbons (Fsp3) is 0.375. The second kappa shape index (κ2) is 5.81. The summed E-state index contributed by atoms with van der Waals surface area (Å²) in [4.78, 5) is 35.6. The zero-order chi connectivity index (χ0) is 15.8. The van der Waals surface area contributed by atoms with Gasteiger partial charge in [-0.1, -0.05) is 11.8 Å². The summed E-state index contributed by atoms with van der Waals surface area (Å²) in [6.45, 7) is 1.29. The Balaban J connectivity index is 1.68. The van der Waals surface area contributed by atoms with Crippen LogP contribution in [0.25, 0.3) is 0 Å². The molecule has 1 saturated heterocycles. The average molecular weight is 328 g/mol. The van der Waals surface area contributed by atoms with Gasteiger partial charge in [-0.15, -0.1) is 0 Å². The maximum atomic E-state index is 12.9. The van der Waals surface area contributed by atoms with Crippen molar-refractivity contribution < 1.29 is 4.79 Å². The molecule has 6 nitrogen and oxygen atoms in total. The van der Waals surface area contributed by atoms with Gasteiger partial charge in [0.2, 0.25) is 0 Å². The first kappa shape index (κ1) is 14.4. The van der Waals surface area contributed by atoms with Gasteiger partial charge in [-0.3, -0.25) is 19.1 Å². The molecule has 2 aliphatic heterocycles. The first-order valence-corrected chi connectivity index (χ1v) is 8.68. The molecule has 2 aromatic heterocycles. The second-order valence-electron chi connectivity index (χ2n) is 5.70. The highest BCUT2D eigenvalue weighted by atomic mass is 32.2. The highest BCUT2D eigenvalue weighted by Gasteiger charge is 2.32. The van der Waals surface area contributed by atoms with E-state index in [1.807, 2.05) is 12.1 Å². The number of likely N-dealkylation sites (tertiary alicyclic amines) is 1. The number of carbonyl (C=O) groups is 1. The van der Waals surface area contributed by atoms with Crippen LogP contribution in [0.1, 0.15) is 34.8 Å². The minimum Gasteiger partial charge on any atom is -0.331 e. The van der Waals surface area contributed by atoms with Gasteiger partial charge in [-0.25, -0.2) is 4.98 Å². The van der Waals surface area contributed by atoms with E-state index in [9.17, 15) is 9.59 Å². The van der Waals surface area contributed by atoms with Crippen LogP contribution in [0, 0.1) is 0 Å². The maximum Gasteiger partial charge on any atom is 0.267 e. The molecule has 4 rings (SSSR count). The van der Waals surface area contributed by atoms with Crippen molar-refractivity contribution in [2.24, 2.45) is 0 Å². The highest BCUT2D eigenvalue weighted by Crippen LogP contribution is 2.32. The second-order valence-corrected chi connectivity index (χ2v) is 6.76. The number of amides is 1. The van der Waals surface area contributed by atoms with Gasteiger partial charge >= 0.3 is 0 Å². The zero-order valence-corrected chi connectivity index (χ0v) is 13.3. The van der Waals surface area contributed by atoms with Gasteiger partial charge < -0.3 is 4.90 Å². The van der Waals surface area contributed by atoms with E-state index in [-0.39, 0.29) is 23.1 Å². The van der Waals surface area contributed by atoms with Gasteiger partial charge in [0.05, 0.1) is 6.04 Å². The van der Waals surface area contributed by atoms with Crippen molar-refractivity contribution in [3.63, 3.8) is 0 Å². The zero-order valence-electron chi connectivity index (χ0n) is 12.5. The lowest BCUT2D eigenvalue weighted by atomic mass is 10.1. The predicted octanol–water partition coefficient (Wildman–Crippen LogP) is 1.72. The Morgan fingerprint density at radius 3 is 2.91 bits per heavy atom. The first-order valence-electron chi connectivity index (χ1n) is 7.69. The van der Waals surface area contributed by atoms with Gasteiger partial charge in [0, 0.05) is 37.4 Å². The third kappa shape index (κ3) is 2.45. The highest BCUT2D eigenvalue weighted by molar-refractivity contribution is 7.99. The van der Waals surface area contributed by atoms with E-state index >= 15 is 0 Å². The van der Waals surface area contributed by atoms with Gasteiger partial charge in [0.15, 0.2) is 5.16 Å². The molecule has 1 amide bonds. The number of hydrogen-bond acceptors (Lipinski definition) is 5. The van der Waals surface area contributed by atoms with E-state index in [0.717, 1.165) is 24.2 Å². The van der Waals surface area contributed by atoms with Crippen molar-refractivity contribution in [1.29, 1.82) is 0 Å². The molecule has 2 aromatic rings. The number of thioether (sulfide) groups is 1. The quantitative estimate of drug-likeness (QED) is 0.785. The molecule has 0 N–H and O–H groups in total. The monoisotopic (exact) mass is 328 g/mol. The first-order chi connectivity index (χ1) is 11.3. The number of pyridine rings is 1. The Labute approximate surface area is 137 Å². The van der Waals surface area contributed by atoms with E-state index in [1.54, 1.807) is 33.6 Å². The Morgan fingerprint density at radius 1 is 1.26 bits per heavy atom. The fourth-order valence-corrected chi connectivity index (χ4v) is 4.17. The molecule has 1 fully saturated rings. The van der Waals surface area contributed by atoms with Crippen LogP contribution in [-0.2, 0) is 6.54 Å². The SMILES string of the molecule is O=C(c1cnc2n(c1=O)CCS2)N1CCC[C@@H]1c1ccncc1. The summed E-state index contributed by atoms with van der Waals surface area (Å²) in [5.41, 5.74) is 1.03. The van der Waals surface area contributed by atoms with Crippen molar-refractivity contribution in [3.05, 3.63) is 52.2 Å². The third-order valence-electron chi connectivity index (χ3n) is 4.39. The van der Waals surface area contributed by atoms with E-state index in [0.29, 0.717) is 18.2 Å². The Bertz CT molecular complexity index is 805. The van der Waals surface area contributed by atoms with Crippen LogP contribution >= 0.6 is 11.8 Å². The lowest BCUT2D eigenvalue weighted by Crippen LogP contribution is -2.36. The molecule has 0 aromatic carbocycles. The lowest BCUT2D eigenvalue weighted by Gasteiger charge is -2.24. The van der Waals surface area contributed by atoms with Crippen molar-refractivity contribution >= 4 is 17.7 Å². The van der Waals surface area contributed by atoms with Crippen LogP contribution in [0.5, 0.6) is 0 Å². The van der Waals surface area contributed by atoms with Crippen molar-refractivity contribution in [1.82, 2.24) is 19.4 Å². The third-order valence-corrected chi connectivity index (χ3v) is 5.36. The summed E-state index contributed by atoms with van der Waals surface area (Å²) < 4.78 is 1.61. The van der Waals surface area contributed by atoms with Crippen LogP contribution < -0.4 is 5.56 Å². The molecule has 0 saturated carbocycles. The van der Waals surface area contributed by atoms with Crippen LogP contribution in [0.2, 0.25) is 0 Å². The van der Waals surface area contributed by atoms with E-state index < -0.39 is 0 Å². The van der Waals surface area contributed by atoms with Gasteiger partial charge in [-0.05, 0) is 30.5 Å². The summed E-state index contributed by atoms with van der Waals surface area (Å²) in [6.07, 6.45) is 6.76. The molecule has 118 valence electrons. The van der Waals surface area contributed by atoms with Crippen LogP contribution in [0.4, 0.5) is 0 Å². The Hall–Kier alpha value is -2.15. The molecule has 0 bridgehead atoms. The standard InChI is InChI=1S/C16H16N4O2S/c21-14(12-10-18-16-20(15(12)22)8-9-23-16)19-7-1-2-13(19)11-3-5-17-6-4-11/h3-6,10,13H,1-2,7-9H2/t13-/m1/s1. The molecule has 0 aliphatic carbocycles. The van der Waals surface area contributed by atoms with E-state index in [1.165, 1.54) is 6.20 Å². The average Bonchev–Trinajstić information content (AvgIpc) is 3.25. The molecular weight excluding hydrogens is 312 g/mol. The van der Waals surface area contributed by atoms with Crippen LogP contribution in [0.3, 0.4) is 0 Å².